The number of nitrogen functional groups attached to an aromatic ring is 1. The van der Waals surface area contributed by atoms with E-state index >= 15 is 0 Å². The van der Waals surface area contributed by atoms with E-state index in [0.29, 0.717) is 17.7 Å². The van der Waals surface area contributed by atoms with Crippen LogP contribution in [0.15, 0.2) is 65.3 Å². The number of pyridine rings is 1. The number of amides is 1. The summed E-state index contributed by atoms with van der Waals surface area (Å²) < 4.78 is 15.8. The van der Waals surface area contributed by atoms with E-state index in [1.54, 1.807) is 31.2 Å². The van der Waals surface area contributed by atoms with Gasteiger partial charge in [0, 0.05) is 40.8 Å². The minimum absolute atomic E-state index is 0.00147. The van der Waals surface area contributed by atoms with Crippen molar-refractivity contribution in [2.24, 2.45) is 11.7 Å². The highest BCUT2D eigenvalue weighted by Gasteiger charge is 2.27. The number of Topliss-reactive ketones (excluding diaryl/α,β-unsaturated/α-hetero) is 1. The first-order valence-electron chi connectivity index (χ1n) is 14.8. The number of nitrogens with two attached hydrogens (primary N) is 1. The van der Waals surface area contributed by atoms with Crippen LogP contribution in [-0.2, 0) is 4.74 Å². The number of methoxy groups -OCH3 is 1. The molecule has 0 aliphatic heterocycles. The van der Waals surface area contributed by atoms with Crippen LogP contribution in [0, 0.1) is 11.3 Å². The number of aromatic carboxylic acids is 1. The van der Waals surface area contributed by atoms with Crippen LogP contribution < -0.4 is 15.8 Å². The van der Waals surface area contributed by atoms with E-state index in [4.69, 9.17) is 25.0 Å². The fourth-order valence-electron chi connectivity index (χ4n) is 4.95. The molecule has 0 unspecified atom stereocenters. The normalized spacial score (nSPS) is 11.5. The summed E-state index contributed by atoms with van der Waals surface area (Å²) in [5.74, 6) is -3.07. The minimum Gasteiger partial charge on any atom is -0.481 e. The number of carbonyl (C=O) groups is 4. The van der Waals surface area contributed by atoms with Crippen LogP contribution in [0.2, 0.25) is 0 Å². The number of oxazole rings is 1. The lowest BCUT2D eigenvalue weighted by Gasteiger charge is -2.16. The molecule has 5 N–H and O–H groups in total. The van der Waals surface area contributed by atoms with Gasteiger partial charge in [0.25, 0.3) is 5.91 Å². The van der Waals surface area contributed by atoms with Crippen LogP contribution in [0.1, 0.15) is 92.7 Å². The maximum atomic E-state index is 13.5. The number of ketones is 1. The number of hydrogen-bond acceptors (Lipinski definition) is 10. The summed E-state index contributed by atoms with van der Waals surface area (Å²) in [6, 6.07) is 13.5. The molecule has 0 aliphatic rings. The second-order valence-corrected chi connectivity index (χ2v) is 11.0. The first kappa shape index (κ1) is 34.0. The van der Waals surface area contributed by atoms with Crippen LogP contribution in [0.3, 0.4) is 0 Å². The molecule has 0 fully saturated rings. The molecule has 0 saturated carbocycles. The van der Waals surface area contributed by atoms with Crippen molar-refractivity contribution in [3.05, 3.63) is 94.8 Å². The molecule has 13 nitrogen and oxygen atoms in total. The van der Waals surface area contributed by atoms with E-state index in [9.17, 15) is 24.3 Å². The molecule has 1 atom stereocenters. The van der Waals surface area contributed by atoms with Crippen LogP contribution in [0.25, 0.3) is 11.1 Å². The van der Waals surface area contributed by atoms with Crippen LogP contribution in [0.5, 0.6) is 5.88 Å². The Morgan fingerprint density at radius 2 is 1.68 bits per heavy atom. The van der Waals surface area contributed by atoms with Crippen molar-refractivity contribution in [1.82, 2.24) is 9.97 Å². The number of carbonyl (C=O) groups excluding carboxylic acids is 3. The number of ether oxygens (including phenoxy) is 2. The predicted molar refractivity (Wildman–Crippen MR) is 172 cm³/mol. The SMILES string of the molecule is CCOC(=O)c1coc([C@@H](CC(=O)c2ccc(-c3ccc(OC)nc3C(=O)Nc3ccc(C(=N)N)cc3)c(C(=O)O)c2)CC(C)C)n1. The molecule has 4 rings (SSSR count). The second kappa shape index (κ2) is 15.0. The highest BCUT2D eigenvalue weighted by atomic mass is 16.5. The van der Waals surface area contributed by atoms with Gasteiger partial charge in [-0.05, 0) is 61.2 Å². The highest BCUT2D eigenvalue weighted by Crippen LogP contribution is 2.32. The van der Waals surface area contributed by atoms with Crippen molar-refractivity contribution < 1.29 is 38.2 Å². The number of amidine groups is 1. The average molecular weight is 642 g/mol. The van der Waals surface area contributed by atoms with E-state index in [0.717, 1.165) is 0 Å². The molecule has 2 heterocycles. The van der Waals surface area contributed by atoms with E-state index in [1.165, 1.54) is 43.7 Å². The summed E-state index contributed by atoms with van der Waals surface area (Å²) in [7, 11) is 1.38. The molecule has 0 spiro atoms. The van der Waals surface area contributed by atoms with Gasteiger partial charge in [0.2, 0.25) is 5.88 Å². The second-order valence-electron chi connectivity index (χ2n) is 11.0. The summed E-state index contributed by atoms with van der Waals surface area (Å²) in [4.78, 5) is 60.1. The third-order valence-electron chi connectivity index (χ3n) is 7.15. The molecule has 4 aromatic rings. The predicted octanol–water partition coefficient (Wildman–Crippen LogP) is 5.56. The van der Waals surface area contributed by atoms with Gasteiger partial charge in [-0.1, -0.05) is 26.0 Å². The number of hydrogen-bond donors (Lipinski definition) is 4. The molecule has 2 aromatic carbocycles. The Morgan fingerprint density at radius 3 is 2.30 bits per heavy atom. The largest absolute Gasteiger partial charge is 0.481 e. The van der Waals surface area contributed by atoms with Gasteiger partial charge in [0.05, 0.1) is 19.3 Å². The molecule has 0 bridgehead atoms. The van der Waals surface area contributed by atoms with Crippen molar-refractivity contribution in [2.45, 2.75) is 39.5 Å². The maximum Gasteiger partial charge on any atom is 0.360 e. The number of esters is 1. The number of anilines is 1. The summed E-state index contributed by atoms with van der Waals surface area (Å²) in [6.07, 6.45) is 1.66. The van der Waals surface area contributed by atoms with Crippen LogP contribution in [-0.4, -0.2) is 58.3 Å². The number of aromatic nitrogens is 2. The summed E-state index contributed by atoms with van der Waals surface area (Å²) >= 11 is 0. The van der Waals surface area contributed by atoms with E-state index in [-0.39, 0.29) is 76.0 Å². The van der Waals surface area contributed by atoms with Crippen molar-refractivity contribution in [1.29, 1.82) is 5.41 Å². The zero-order chi connectivity index (χ0) is 34.2. The fourth-order valence-corrected chi connectivity index (χ4v) is 4.95. The molecule has 2 aromatic heterocycles. The Hall–Kier alpha value is -5.85. The van der Waals surface area contributed by atoms with Crippen molar-refractivity contribution in [3.63, 3.8) is 0 Å². The standard InChI is InChI=1S/C34H35N5O8/c1-5-46-34(44)26-17-47-32(38-26)21(14-18(2)3)16-27(40)20-8-11-23(25(15-20)33(42)43)24-12-13-28(45-4)39-29(24)31(41)37-22-9-6-19(7-10-22)30(35)36/h6-13,15,17-18,21H,5,14,16H2,1-4H3,(H3,35,36)(H,37,41)(H,42,43)/t21-/m1/s1. The zero-order valence-electron chi connectivity index (χ0n) is 26.3. The smallest absolute Gasteiger partial charge is 0.360 e. The summed E-state index contributed by atoms with van der Waals surface area (Å²) in [5.41, 5.74) is 6.54. The first-order chi connectivity index (χ1) is 22.4. The number of nitrogens with one attached hydrogen (secondary N) is 2. The number of carboxylic acid groups (broad SMARTS) is 1. The van der Waals surface area contributed by atoms with Gasteiger partial charge in [-0.25, -0.2) is 19.6 Å². The molecular formula is C34H35N5O8. The van der Waals surface area contributed by atoms with Crippen LogP contribution >= 0.6 is 0 Å². The number of nitrogens with zero attached hydrogens (tertiary/aromatic N) is 2. The number of benzene rings is 2. The minimum atomic E-state index is -1.32. The quantitative estimate of drug-likeness (QED) is 0.0580. The fraction of sp³-hybridized carbons (Fsp3) is 0.265. The van der Waals surface area contributed by atoms with E-state index < -0.39 is 23.8 Å². The van der Waals surface area contributed by atoms with E-state index in [1.807, 2.05) is 13.8 Å². The van der Waals surface area contributed by atoms with Gasteiger partial charge < -0.3 is 30.0 Å². The summed E-state index contributed by atoms with van der Waals surface area (Å²) in [6.45, 7) is 5.79. The van der Waals surface area contributed by atoms with Gasteiger partial charge >= 0.3 is 11.9 Å². The average Bonchev–Trinajstić information content (AvgIpc) is 3.55. The van der Waals surface area contributed by atoms with Crippen LogP contribution in [0.4, 0.5) is 5.69 Å². The molecule has 47 heavy (non-hydrogen) atoms. The first-order valence-corrected chi connectivity index (χ1v) is 14.8. The highest BCUT2D eigenvalue weighted by molar-refractivity contribution is 6.10. The monoisotopic (exact) mass is 641 g/mol. The Morgan fingerprint density at radius 1 is 1.00 bits per heavy atom. The van der Waals surface area contributed by atoms with Gasteiger partial charge in [-0.3, -0.25) is 15.0 Å². The van der Waals surface area contributed by atoms with Gasteiger partial charge in [-0.2, -0.15) is 0 Å². The lowest BCUT2D eigenvalue weighted by atomic mass is 9.89. The van der Waals surface area contributed by atoms with Crippen molar-refractivity contribution in [2.75, 3.05) is 19.0 Å². The maximum absolute atomic E-state index is 13.5. The molecule has 244 valence electrons. The molecule has 13 heteroatoms. The lowest BCUT2D eigenvalue weighted by molar-refractivity contribution is 0.0518. The summed E-state index contributed by atoms with van der Waals surface area (Å²) in [5, 5.41) is 20.5. The third kappa shape index (κ3) is 8.25. The zero-order valence-corrected chi connectivity index (χ0v) is 26.3. The molecule has 0 aliphatic carbocycles. The van der Waals surface area contributed by atoms with Crippen molar-refractivity contribution in [3.8, 4) is 17.0 Å². The Balaban J connectivity index is 1.66. The Bertz CT molecular complexity index is 1810. The van der Waals surface area contributed by atoms with Gasteiger partial charge in [0.15, 0.2) is 17.4 Å². The van der Waals surface area contributed by atoms with Gasteiger partial charge in [-0.15, -0.1) is 0 Å². The van der Waals surface area contributed by atoms with E-state index in [2.05, 4.69) is 15.3 Å². The lowest BCUT2D eigenvalue weighted by Crippen LogP contribution is -2.17. The van der Waals surface area contributed by atoms with Gasteiger partial charge in [0.1, 0.15) is 17.8 Å². The Kier molecular flexibility index (Phi) is 10.8. The Labute approximate surface area is 270 Å². The van der Waals surface area contributed by atoms with Crippen molar-refractivity contribution >= 4 is 35.2 Å². The molecule has 0 saturated heterocycles. The molecular weight excluding hydrogens is 606 g/mol. The molecule has 0 radical (unpaired) electrons. The topological polar surface area (TPSA) is 208 Å². The number of carboxylic acids is 1. The third-order valence-corrected chi connectivity index (χ3v) is 7.15. The number of rotatable bonds is 14. The molecule has 1 amide bonds.